The number of hydrogen-bond acceptors (Lipinski definition) is 4. The van der Waals surface area contributed by atoms with Crippen LogP contribution in [-0.4, -0.2) is 46.7 Å². The summed E-state index contributed by atoms with van der Waals surface area (Å²) in [6.45, 7) is 9.43. The van der Waals surface area contributed by atoms with Crippen molar-refractivity contribution in [3.8, 4) is 11.5 Å². The van der Waals surface area contributed by atoms with Crippen LogP contribution >= 0.6 is 0 Å². The van der Waals surface area contributed by atoms with E-state index in [2.05, 4.69) is 35.5 Å². The summed E-state index contributed by atoms with van der Waals surface area (Å²) in [6.07, 6.45) is 3.95. The topological polar surface area (TPSA) is 56.6 Å². The summed E-state index contributed by atoms with van der Waals surface area (Å²) in [5, 5.41) is 0. The van der Waals surface area contributed by atoms with Crippen molar-refractivity contribution in [3.05, 3.63) is 53.9 Å². The van der Waals surface area contributed by atoms with E-state index < -0.39 is 0 Å². The number of carbonyl (C=O) groups excluding carboxylic acids is 1. The molecule has 1 aliphatic heterocycles. The fourth-order valence-electron chi connectivity index (χ4n) is 4.14. The van der Waals surface area contributed by atoms with E-state index in [1.165, 1.54) is 16.6 Å². The number of ether oxygens (including phenoxy) is 2. The zero-order valence-electron chi connectivity index (χ0n) is 18.6. The lowest BCUT2D eigenvalue weighted by Crippen LogP contribution is -2.41. The number of imidazole rings is 1. The highest BCUT2D eigenvalue weighted by Gasteiger charge is 2.23. The number of fused-ring (bicyclic) bond motifs is 1. The number of hydrogen-bond donors (Lipinski definition) is 0. The number of aryl methyl sites for hydroxylation is 2. The summed E-state index contributed by atoms with van der Waals surface area (Å²) in [7, 11) is 0. The van der Waals surface area contributed by atoms with Crippen molar-refractivity contribution in [2.75, 3.05) is 26.3 Å². The average molecular weight is 422 g/mol. The Morgan fingerprint density at radius 3 is 2.35 bits per heavy atom. The Balaban J connectivity index is 1.26. The second-order valence-corrected chi connectivity index (χ2v) is 8.34. The van der Waals surface area contributed by atoms with E-state index in [1.54, 1.807) is 0 Å². The standard InChI is InChI=1S/C25H31N3O3/c1-4-30-21-5-7-22(8-6-21)31-16-25(29)27-11-9-20(10-12-27)15-28-17-26-23-13-18(2)19(3)14-24(23)28/h5-8,13-14,17,20H,4,9-12,15-16H2,1-3H3. The van der Waals surface area contributed by atoms with Crippen molar-refractivity contribution in [1.29, 1.82) is 0 Å². The van der Waals surface area contributed by atoms with E-state index in [0.29, 0.717) is 18.3 Å². The van der Waals surface area contributed by atoms with Crippen LogP contribution in [0.15, 0.2) is 42.7 Å². The summed E-state index contributed by atoms with van der Waals surface area (Å²) >= 11 is 0. The molecule has 2 heterocycles. The number of aromatic nitrogens is 2. The summed E-state index contributed by atoms with van der Waals surface area (Å²) in [4.78, 5) is 19.1. The van der Waals surface area contributed by atoms with Gasteiger partial charge in [0.25, 0.3) is 5.91 Å². The molecule has 0 unspecified atom stereocenters. The molecule has 6 heteroatoms. The predicted molar refractivity (Wildman–Crippen MR) is 122 cm³/mol. The van der Waals surface area contributed by atoms with E-state index in [4.69, 9.17) is 9.47 Å². The third kappa shape index (κ3) is 5.01. The van der Waals surface area contributed by atoms with Gasteiger partial charge >= 0.3 is 0 Å². The van der Waals surface area contributed by atoms with E-state index >= 15 is 0 Å². The zero-order chi connectivity index (χ0) is 21.8. The molecule has 0 atom stereocenters. The average Bonchev–Trinajstić information content (AvgIpc) is 3.15. The third-order valence-electron chi connectivity index (χ3n) is 6.16. The van der Waals surface area contributed by atoms with Gasteiger partial charge in [0.2, 0.25) is 0 Å². The van der Waals surface area contributed by atoms with Crippen LogP contribution in [0.5, 0.6) is 11.5 Å². The molecule has 0 N–H and O–H groups in total. The van der Waals surface area contributed by atoms with Gasteiger partial charge in [-0.25, -0.2) is 4.98 Å². The smallest absolute Gasteiger partial charge is 0.260 e. The zero-order valence-corrected chi connectivity index (χ0v) is 18.6. The summed E-state index contributed by atoms with van der Waals surface area (Å²) in [5.41, 5.74) is 4.83. The molecular formula is C25H31N3O3. The quantitative estimate of drug-likeness (QED) is 0.568. The molecule has 31 heavy (non-hydrogen) atoms. The van der Waals surface area contributed by atoms with Gasteiger partial charge in [-0.3, -0.25) is 4.79 Å². The van der Waals surface area contributed by atoms with E-state index in [-0.39, 0.29) is 12.5 Å². The SMILES string of the molecule is CCOc1ccc(OCC(=O)N2CCC(Cn3cnc4cc(C)c(C)cc43)CC2)cc1. The Labute approximate surface area is 183 Å². The van der Waals surface area contributed by atoms with Gasteiger partial charge in [0, 0.05) is 19.6 Å². The minimum absolute atomic E-state index is 0.0477. The van der Waals surface area contributed by atoms with Crippen LogP contribution in [0.25, 0.3) is 11.0 Å². The monoisotopic (exact) mass is 421 g/mol. The number of rotatable bonds is 7. The van der Waals surface area contributed by atoms with E-state index in [9.17, 15) is 4.79 Å². The van der Waals surface area contributed by atoms with Crippen LogP contribution in [0.1, 0.15) is 30.9 Å². The largest absolute Gasteiger partial charge is 0.494 e. The summed E-state index contributed by atoms with van der Waals surface area (Å²) in [6, 6.07) is 11.8. The Kier molecular flexibility index (Phi) is 6.44. The van der Waals surface area contributed by atoms with Crippen molar-refractivity contribution >= 4 is 16.9 Å². The Hall–Kier alpha value is -3.02. The molecule has 1 aliphatic rings. The van der Waals surface area contributed by atoms with Crippen LogP contribution < -0.4 is 9.47 Å². The van der Waals surface area contributed by atoms with Crippen molar-refractivity contribution in [1.82, 2.24) is 14.5 Å². The molecule has 2 aromatic carbocycles. The van der Waals surface area contributed by atoms with Gasteiger partial charge in [0.05, 0.1) is 24.0 Å². The summed E-state index contributed by atoms with van der Waals surface area (Å²) < 4.78 is 13.4. The lowest BCUT2D eigenvalue weighted by Gasteiger charge is -2.32. The first-order chi connectivity index (χ1) is 15.0. The first-order valence-electron chi connectivity index (χ1n) is 11.1. The van der Waals surface area contributed by atoms with Crippen LogP contribution in [0, 0.1) is 19.8 Å². The van der Waals surface area contributed by atoms with E-state index in [1.807, 2.05) is 42.4 Å². The number of amides is 1. The maximum absolute atomic E-state index is 12.6. The second-order valence-electron chi connectivity index (χ2n) is 8.34. The molecule has 1 fully saturated rings. The number of nitrogens with zero attached hydrogens (tertiary/aromatic N) is 3. The van der Waals surface area contributed by atoms with Gasteiger partial charge < -0.3 is 18.9 Å². The van der Waals surface area contributed by atoms with Gasteiger partial charge in [0.1, 0.15) is 11.5 Å². The van der Waals surface area contributed by atoms with Crippen molar-refractivity contribution in [3.63, 3.8) is 0 Å². The van der Waals surface area contributed by atoms with Gasteiger partial charge in [-0.2, -0.15) is 0 Å². The number of piperidine rings is 1. The highest BCUT2D eigenvalue weighted by Crippen LogP contribution is 2.24. The molecule has 0 spiro atoms. The highest BCUT2D eigenvalue weighted by molar-refractivity contribution is 5.78. The van der Waals surface area contributed by atoms with Crippen molar-refractivity contribution < 1.29 is 14.3 Å². The van der Waals surface area contributed by atoms with Crippen molar-refractivity contribution in [2.45, 2.75) is 40.2 Å². The molecule has 0 radical (unpaired) electrons. The molecule has 0 saturated carbocycles. The first-order valence-corrected chi connectivity index (χ1v) is 11.1. The third-order valence-corrected chi connectivity index (χ3v) is 6.16. The maximum atomic E-state index is 12.6. The molecule has 0 bridgehead atoms. The van der Waals surface area contributed by atoms with E-state index in [0.717, 1.165) is 43.7 Å². The lowest BCUT2D eigenvalue weighted by atomic mass is 9.96. The Morgan fingerprint density at radius 1 is 1.03 bits per heavy atom. The number of carbonyl (C=O) groups is 1. The molecule has 3 aromatic rings. The van der Waals surface area contributed by atoms with Crippen LogP contribution in [0.3, 0.4) is 0 Å². The van der Waals surface area contributed by atoms with Crippen LogP contribution in [-0.2, 0) is 11.3 Å². The highest BCUT2D eigenvalue weighted by atomic mass is 16.5. The molecule has 1 aromatic heterocycles. The molecular weight excluding hydrogens is 390 g/mol. The second kappa shape index (κ2) is 9.41. The molecule has 4 rings (SSSR count). The number of likely N-dealkylation sites (tertiary alicyclic amines) is 1. The van der Waals surface area contributed by atoms with Crippen LogP contribution in [0.4, 0.5) is 0 Å². The fraction of sp³-hybridized carbons (Fsp3) is 0.440. The minimum atomic E-state index is 0.0477. The fourth-order valence-corrected chi connectivity index (χ4v) is 4.14. The normalized spacial score (nSPS) is 14.7. The first kappa shape index (κ1) is 21.2. The maximum Gasteiger partial charge on any atom is 0.260 e. The van der Waals surface area contributed by atoms with Crippen LogP contribution in [0.2, 0.25) is 0 Å². The Morgan fingerprint density at radius 2 is 1.68 bits per heavy atom. The van der Waals surface area contributed by atoms with Crippen molar-refractivity contribution in [2.24, 2.45) is 5.92 Å². The van der Waals surface area contributed by atoms with Gasteiger partial charge in [0.15, 0.2) is 6.61 Å². The molecule has 1 amide bonds. The lowest BCUT2D eigenvalue weighted by molar-refractivity contribution is -0.134. The van der Waals surface area contributed by atoms with Gasteiger partial charge in [-0.1, -0.05) is 0 Å². The minimum Gasteiger partial charge on any atom is -0.494 e. The predicted octanol–water partition coefficient (Wildman–Crippen LogP) is 4.37. The van der Waals surface area contributed by atoms with Gasteiger partial charge in [-0.05, 0) is 87.1 Å². The Bertz CT molecular complexity index is 1030. The summed E-state index contributed by atoms with van der Waals surface area (Å²) in [5.74, 6) is 2.09. The molecule has 0 aliphatic carbocycles. The van der Waals surface area contributed by atoms with Gasteiger partial charge in [-0.15, -0.1) is 0 Å². The number of benzene rings is 2. The molecule has 6 nitrogen and oxygen atoms in total. The molecule has 1 saturated heterocycles. The molecule has 164 valence electrons.